The summed E-state index contributed by atoms with van der Waals surface area (Å²) < 4.78 is 38.5. The second-order valence-electron chi connectivity index (χ2n) is 16.2. The van der Waals surface area contributed by atoms with E-state index in [1.54, 1.807) is 0 Å². The van der Waals surface area contributed by atoms with Gasteiger partial charge in [0.2, 0.25) is 11.8 Å². The molecule has 20 nitrogen and oxygen atoms in total. The lowest BCUT2D eigenvalue weighted by Gasteiger charge is -2.43. The first-order valence-electron chi connectivity index (χ1n) is 22.0. The normalized spacial score (nSPS) is 30.3. The minimum Gasteiger partial charge on any atom is -0.387 e. The fourth-order valence-corrected chi connectivity index (χ4v) is 7.66. The van der Waals surface area contributed by atoms with Crippen molar-refractivity contribution in [2.75, 3.05) is 53.7 Å². The fraction of sp³-hybridized carbons (Fsp3) is 0.791. The number of aliphatic hydroxyl groups excluding tert-OH is 5. The lowest BCUT2D eigenvalue weighted by Crippen LogP contribution is -2.62. The fourth-order valence-electron chi connectivity index (χ4n) is 7.66. The molecule has 1 aliphatic carbocycles. The van der Waals surface area contributed by atoms with Crippen LogP contribution < -0.4 is 10.6 Å². The van der Waals surface area contributed by atoms with Gasteiger partial charge >= 0.3 is 0 Å². The second-order valence-corrected chi connectivity index (χ2v) is 16.2. The summed E-state index contributed by atoms with van der Waals surface area (Å²) in [5.41, 5.74) is 0. The van der Waals surface area contributed by atoms with Gasteiger partial charge in [0.25, 0.3) is 11.8 Å². The lowest BCUT2D eigenvalue weighted by molar-refractivity contribution is -0.331. The third-order valence-corrected chi connectivity index (χ3v) is 11.3. The summed E-state index contributed by atoms with van der Waals surface area (Å²) in [5.74, 6) is 4.34. The van der Waals surface area contributed by atoms with Crippen molar-refractivity contribution in [3.63, 3.8) is 0 Å². The third kappa shape index (κ3) is 16.8. The number of methoxy groups -OCH3 is 2. The Morgan fingerprint density at radius 1 is 0.762 bits per heavy atom. The highest BCUT2D eigenvalue weighted by molar-refractivity contribution is 6.12. The number of carbonyl (C=O) groups excluding carboxylic acids is 5. The summed E-state index contributed by atoms with van der Waals surface area (Å²) in [5, 5.41) is 58.6. The summed E-state index contributed by atoms with van der Waals surface area (Å²) in [6.07, 6.45) is -2.58. The molecule has 4 aliphatic rings. The molecule has 2 saturated heterocycles. The molecule has 12 atom stereocenters. The number of amides is 4. The number of aliphatic hydroxyl groups is 5. The smallest absolute Gasteiger partial charge is 0.253 e. The molecule has 0 saturated carbocycles. The molecule has 3 heterocycles. The number of carbonyl (C=O) groups is 5. The van der Waals surface area contributed by atoms with Crippen LogP contribution in [0.5, 0.6) is 0 Å². The first-order chi connectivity index (χ1) is 30.3. The number of rotatable bonds is 27. The highest BCUT2D eigenvalue weighted by Crippen LogP contribution is 2.27. The number of unbranched alkanes of at least 4 members (excludes halogenated alkanes) is 5. The predicted octanol–water partition coefficient (Wildman–Crippen LogP) is -1.11. The number of imide groups is 1. The molecule has 3 aliphatic heterocycles. The standard InChI is InChI=1S/C43H67N3O17/c1-57-23-30-36(52)38(54)39(55)43(63-30)61-24-31-37(53)41(40(56)42(58-2)62-31)60-26-33(49)45-28(29(47)18-11-7-4-8-14-22-46-34(50)19-20-35(46)51)17-12-13-21-44-32(48)25-59-27-15-9-5-3-6-10-16-27/h19-20,27-28,30-31,36-43,52-56H,3-9,11-15,17-18,21-26H2,1-2H3,(H,44,48)(H,45,49)/t27?,28-,30?,31?,36+,37+,38-,39?,40?,41-,42-,43+/m0/s1. The van der Waals surface area contributed by atoms with Gasteiger partial charge in [-0.05, 0) is 51.4 Å². The van der Waals surface area contributed by atoms with Crippen LogP contribution in [0.2, 0.25) is 0 Å². The van der Waals surface area contributed by atoms with Crippen LogP contribution >= 0.6 is 0 Å². The van der Waals surface area contributed by atoms with Crippen molar-refractivity contribution in [1.29, 1.82) is 0 Å². The molecule has 4 rings (SSSR count). The Labute approximate surface area is 368 Å². The number of Topliss-reactive ketones (excluding diaryl/α,β-unsaturated/α-hetero) is 1. The van der Waals surface area contributed by atoms with Crippen molar-refractivity contribution in [3.05, 3.63) is 12.2 Å². The van der Waals surface area contributed by atoms with E-state index in [-0.39, 0.29) is 55.7 Å². The van der Waals surface area contributed by atoms with Crippen LogP contribution in [0.4, 0.5) is 0 Å². The van der Waals surface area contributed by atoms with E-state index < -0.39 is 86.6 Å². The van der Waals surface area contributed by atoms with E-state index in [0.29, 0.717) is 45.2 Å². The topological polar surface area (TPSA) is 278 Å². The third-order valence-electron chi connectivity index (χ3n) is 11.3. The Kier molecular flexibility index (Phi) is 23.0. The zero-order chi connectivity index (χ0) is 45.7. The maximum Gasteiger partial charge on any atom is 0.253 e. The first kappa shape index (κ1) is 52.2. The molecule has 356 valence electrons. The molecule has 7 N–H and O–H groups in total. The van der Waals surface area contributed by atoms with E-state index in [1.807, 2.05) is 0 Å². The zero-order valence-electron chi connectivity index (χ0n) is 36.3. The predicted molar refractivity (Wildman–Crippen MR) is 220 cm³/mol. The molecule has 0 radical (unpaired) electrons. The molecule has 0 spiro atoms. The van der Waals surface area contributed by atoms with Crippen LogP contribution in [0.1, 0.15) is 89.9 Å². The van der Waals surface area contributed by atoms with Gasteiger partial charge in [0.15, 0.2) is 18.4 Å². The average Bonchev–Trinajstić information content (AvgIpc) is 3.57. The SMILES string of the molecule is COCC1O[C@@H](OCC2O[C@H](OC)C(O)[C@@H](OCC(=O)N[C@@H](CCCCNC(=O)COC3C#CCCCCC3)C(=O)CCCCCCCN3C(=O)C=CC3=O)[C@@H]2O)C(O)[C@@H](O)[C@@H]1O. The van der Waals surface area contributed by atoms with Gasteiger partial charge in [-0.2, -0.15) is 0 Å². The molecule has 0 aromatic rings. The minimum atomic E-state index is -1.66. The summed E-state index contributed by atoms with van der Waals surface area (Å²) >= 11 is 0. The highest BCUT2D eigenvalue weighted by atomic mass is 16.7. The molecular weight excluding hydrogens is 830 g/mol. The number of hydrogen-bond donors (Lipinski definition) is 7. The van der Waals surface area contributed by atoms with Crippen LogP contribution in [-0.4, -0.2) is 187 Å². The molecule has 20 heteroatoms. The van der Waals surface area contributed by atoms with Crippen molar-refractivity contribution in [3.8, 4) is 11.8 Å². The molecule has 0 aromatic heterocycles. The maximum atomic E-state index is 13.5. The Morgan fingerprint density at radius 2 is 1.46 bits per heavy atom. The van der Waals surface area contributed by atoms with E-state index in [9.17, 15) is 49.5 Å². The summed E-state index contributed by atoms with van der Waals surface area (Å²) in [6, 6.07) is -0.896. The van der Waals surface area contributed by atoms with Crippen molar-refractivity contribution in [2.24, 2.45) is 0 Å². The summed E-state index contributed by atoms with van der Waals surface area (Å²) in [6.45, 7) is -0.698. The van der Waals surface area contributed by atoms with Gasteiger partial charge in [-0.25, -0.2) is 0 Å². The quantitative estimate of drug-likeness (QED) is 0.0293. The lowest BCUT2D eigenvalue weighted by atomic mass is 9.98. The number of ketones is 1. The van der Waals surface area contributed by atoms with Gasteiger partial charge in [0.1, 0.15) is 68.1 Å². The van der Waals surface area contributed by atoms with E-state index in [1.165, 1.54) is 31.3 Å². The van der Waals surface area contributed by atoms with Crippen LogP contribution in [0.15, 0.2) is 12.2 Å². The Bertz CT molecular complexity index is 1540. The largest absolute Gasteiger partial charge is 0.387 e. The van der Waals surface area contributed by atoms with E-state index >= 15 is 0 Å². The number of ether oxygens (including phenoxy) is 7. The van der Waals surface area contributed by atoms with Gasteiger partial charge < -0.3 is 69.3 Å². The van der Waals surface area contributed by atoms with Crippen molar-refractivity contribution < 1.29 is 82.7 Å². The van der Waals surface area contributed by atoms with Gasteiger partial charge in [-0.15, -0.1) is 5.92 Å². The van der Waals surface area contributed by atoms with Gasteiger partial charge in [0, 0.05) is 52.3 Å². The monoisotopic (exact) mass is 897 g/mol. The van der Waals surface area contributed by atoms with Gasteiger partial charge in [-0.1, -0.05) is 31.6 Å². The Morgan fingerprint density at radius 3 is 2.21 bits per heavy atom. The van der Waals surface area contributed by atoms with Crippen molar-refractivity contribution >= 4 is 29.4 Å². The molecule has 63 heavy (non-hydrogen) atoms. The first-order valence-corrected chi connectivity index (χ1v) is 22.0. The molecule has 0 aromatic carbocycles. The van der Waals surface area contributed by atoms with Crippen LogP contribution in [0.25, 0.3) is 0 Å². The molecule has 4 amide bonds. The summed E-state index contributed by atoms with van der Waals surface area (Å²) in [7, 11) is 2.61. The van der Waals surface area contributed by atoms with Crippen LogP contribution in [0.3, 0.4) is 0 Å². The second kappa shape index (κ2) is 27.8. The minimum absolute atomic E-state index is 0.111. The van der Waals surface area contributed by atoms with Crippen molar-refractivity contribution in [2.45, 2.75) is 163 Å². The van der Waals surface area contributed by atoms with Crippen LogP contribution in [0, 0.1) is 11.8 Å². The Balaban J connectivity index is 1.26. The van der Waals surface area contributed by atoms with Crippen LogP contribution in [-0.2, 0) is 57.1 Å². The number of nitrogens with zero attached hydrogens (tertiary/aromatic N) is 1. The Hall–Kier alpha value is -3.43. The number of hydrogen-bond acceptors (Lipinski definition) is 17. The molecule has 0 bridgehead atoms. The maximum absolute atomic E-state index is 13.5. The van der Waals surface area contributed by atoms with E-state index in [2.05, 4.69) is 22.5 Å². The van der Waals surface area contributed by atoms with Crippen molar-refractivity contribution in [1.82, 2.24) is 15.5 Å². The molecule has 2 fully saturated rings. The zero-order valence-corrected chi connectivity index (χ0v) is 36.3. The molecule has 5 unspecified atom stereocenters. The average molecular weight is 898 g/mol. The highest BCUT2D eigenvalue weighted by Gasteiger charge is 2.48. The van der Waals surface area contributed by atoms with E-state index in [4.69, 9.17) is 33.2 Å². The van der Waals surface area contributed by atoms with Gasteiger partial charge in [-0.3, -0.25) is 28.9 Å². The molecular formula is C43H67N3O17. The summed E-state index contributed by atoms with van der Waals surface area (Å²) in [4.78, 5) is 64.0. The number of nitrogens with one attached hydrogen (secondary N) is 2. The van der Waals surface area contributed by atoms with Gasteiger partial charge in [0.05, 0.1) is 19.3 Å². The van der Waals surface area contributed by atoms with E-state index in [0.717, 1.165) is 44.9 Å².